The first-order valence-electron chi connectivity index (χ1n) is 40.4. The number of rotatable bonds is 45. The molecule has 0 spiro atoms. The van der Waals surface area contributed by atoms with Crippen molar-refractivity contribution < 1.29 is 76.2 Å². The molecular formula is C85H142N12O16Si. The molecule has 5 N–H and O–H groups in total. The van der Waals surface area contributed by atoms with E-state index in [1.54, 1.807) is 82.6 Å². The minimum absolute atomic E-state index is 0.0546. The van der Waals surface area contributed by atoms with E-state index in [1.165, 1.54) is 92.3 Å². The summed E-state index contributed by atoms with van der Waals surface area (Å²) in [6, 6.07) is 6.80. The summed E-state index contributed by atoms with van der Waals surface area (Å²) in [7, 11) is 8.72. The van der Waals surface area contributed by atoms with E-state index >= 15 is 24.0 Å². The van der Waals surface area contributed by atoms with E-state index < -0.39 is 175 Å². The highest BCUT2D eigenvalue weighted by Gasteiger charge is 2.52. The SMILES string of the molecule is CC=CC[C@@H](C)[C@@H](OC(C)=O)[C@@H](C(=O)N[C@@H](CC)C(=O)OCCN(C)C(C)=O)N(C)C(=O)[C@H](C(C)C)N(C)C(=O)[C@H](CC(C)C)N(C)C(=O)[C@H](CC(C)C)N(C)C(=O)[C@@H](C)NC(=O)[C@H](C)NC(=O)[C@H](CC(C)C)N(C)C(=O)[C@@H](NC(=O)[C@H]([C@H](C)CO[Si](c1ccccc1)(c1ccccc1)C(C)(C)C)N(C)C(=O)[C@@H](C)NC)C(C)C. The van der Waals surface area contributed by atoms with Gasteiger partial charge in [0.25, 0.3) is 8.32 Å². The summed E-state index contributed by atoms with van der Waals surface area (Å²) in [5, 5.41) is 15.8. The summed E-state index contributed by atoms with van der Waals surface area (Å²) in [5.41, 5.74) is 0. The molecule has 2 rings (SSSR count). The largest absolute Gasteiger partial charge is 0.462 e. The van der Waals surface area contributed by atoms with Crippen LogP contribution in [0.3, 0.4) is 0 Å². The zero-order valence-corrected chi connectivity index (χ0v) is 75.2. The second-order valence-electron chi connectivity index (χ2n) is 33.8. The number of nitrogens with one attached hydrogen (secondary N) is 5. The molecule has 114 heavy (non-hydrogen) atoms. The van der Waals surface area contributed by atoms with Gasteiger partial charge in [-0.1, -0.05) is 184 Å². The van der Waals surface area contributed by atoms with E-state index in [1.807, 2.05) is 90.9 Å². The average molecular weight is 1620 g/mol. The molecule has 0 heterocycles. The van der Waals surface area contributed by atoms with Crippen molar-refractivity contribution in [3.63, 3.8) is 0 Å². The van der Waals surface area contributed by atoms with Gasteiger partial charge in [-0.3, -0.25) is 57.5 Å². The van der Waals surface area contributed by atoms with Gasteiger partial charge in [0.05, 0.1) is 12.6 Å². The molecule has 0 bridgehead atoms. The number of hydrogen-bond acceptors (Lipinski definition) is 17. The van der Waals surface area contributed by atoms with Gasteiger partial charge < -0.3 is 74.8 Å². The maximum Gasteiger partial charge on any atom is 0.328 e. The molecular weight excluding hydrogens is 1470 g/mol. The van der Waals surface area contributed by atoms with Crippen LogP contribution in [0.1, 0.15) is 184 Å². The average Bonchev–Trinajstić information content (AvgIpc) is 0.742. The molecule has 29 heteroatoms. The Morgan fingerprint density at radius 3 is 1.36 bits per heavy atom. The van der Waals surface area contributed by atoms with Crippen LogP contribution in [0.5, 0.6) is 0 Å². The van der Waals surface area contributed by atoms with Crippen molar-refractivity contribution in [3.05, 3.63) is 72.8 Å². The first-order valence-corrected chi connectivity index (χ1v) is 42.3. The number of likely N-dealkylation sites (N-methyl/N-ethyl adjacent to an activating group) is 8. The lowest BCUT2D eigenvalue weighted by atomic mass is 9.91. The molecule has 0 aromatic heterocycles. The number of ether oxygens (including phenoxy) is 2. The van der Waals surface area contributed by atoms with Crippen LogP contribution < -0.4 is 37.0 Å². The number of allylic oxidation sites excluding steroid dienone is 2. The zero-order chi connectivity index (χ0) is 87.5. The Morgan fingerprint density at radius 1 is 0.482 bits per heavy atom. The number of esters is 2. The Morgan fingerprint density at radius 2 is 0.921 bits per heavy atom. The summed E-state index contributed by atoms with van der Waals surface area (Å²) in [6.07, 6.45) is 3.03. The molecule has 2 aromatic rings. The molecule has 0 saturated carbocycles. The van der Waals surface area contributed by atoms with Gasteiger partial charge in [0.15, 0.2) is 0 Å². The molecule has 0 unspecified atom stereocenters. The molecule has 0 aliphatic heterocycles. The van der Waals surface area contributed by atoms with Crippen LogP contribution in [0.25, 0.3) is 0 Å². The lowest BCUT2D eigenvalue weighted by molar-refractivity contribution is -0.164. The minimum atomic E-state index is -3.14. The second-order valence-corrected chi connectivity index (χ2v) is 38.1. The van der Waals surface area contributed by atoms with Crippen LogP contribution in [-0.4, -0.2) is 268 Å². The fraction of sp³-hybridized carbons (Fsp3) is 0.682. The molecule has 28 nitrogen and oxygen atoms in total. The molecule has 14 atom stereocenters. The van der Waals surface area contributed by atoms with Gasteiger partial charge in [-0.25, -0.2) is 4.79 Å². The van der Waals surface area contributed by atoms with Crippen LogP contribution in [0.4, 0.5) is 0 Å². The molecule has 0 aliphatic carbocycles. The first-order chi connectivity index (χ1) is 52.9. The Balaban J connectivity index is 2.57. The van der Waals surface area contributed by atoms with Gasteiger partial charge in [0, 0.05) is 75.7 Å². The standard InChI is InChI=1S/C85H142N12O16Si/c1-31-33-40-56(13)73(113-62(19)99)72(77(103)89-65(32-2)84(110)111-46-45-91(24)61(18)98)97(30)83(109)70(55(11)12)95(28)81(107)68(49-53(7)8)94(27)80(106)67(48-52(5)6)93(26)79(105)60(17)88-74(100)58(15)87-75(101)66(47-51(3)4)92(25)82(108)69(54(9)10)90-76(102)71(96(29)78(104)59(16)86-23)57(14)50-112-114(85(20,21)22,63-41-36-34-37-42-63)64-43-38-35-39-44-64/h31,33-39,41-44,51-60,65-73,86H,32,40,45-50H2,1-30H3,(H,87,101)(H,88,100)(H,89,103)(H,90,102)/t56-,57-,58+,59-,60-,65+,66+,67+,68+,69+,70+,71+,72+,73-/m1/s1. The number of benzene rings is 2. The van der Waals surface area contributed by atoms with Gasteiger partial charge in [-0.05, 0) is 118 Å². The number of carbonyl (C=O) groups excluding carboxylic acids is 13. The Hall–Kier alpha value is -8.57. The fourth-order valence-corrected chi connectivity index (χ4v) is 19.0. The lowest BCUT2D eigenvalue weighted by Gasteiger charge is -2.44. The number of hydrogen-bond donors (Lipinski definition) is 5. The summed E-state index contributed by atoms with van der Waals surface area (Å²) in [5.74, 6) is -11.3. The van der Waals surface area contributed by atoms with E-state index in [0.717, 1.165) is 15.3 Å². The highest BCUT2D eigenvalue weighted by Crippen LogP contribution is 2.38. The fourth-order valence-electron chi connectivity index (χ4n) is 14.3. The van der Waals surface area contributed by atoms with Gasteiger partial charge in [0.1, 0.15) is 73.1 Å². The molecule has 0 saturated heterocycles. The van der Waals surface area contributed by atoms with Crippen molar-refractivity contribution >= 4 is 95.6 Å². The van der Waals surface area contributed by atoms with Crippen LogP contribution >= 0.6 is 0 Å². The topological polar surface area (TPSA) is 332 Å². The van der Waals surface area contributed by atoms with Crippen molar-refractivity contribution in [2.24, 2.45) is 41.4 Å². The minimum Gasteiger partial charge on any atom is -0.462 e. The number of carbonyl (C=O) groups is 13. The summed E-state index contributed by atoms with van der Waals surface area (Å²) in [4.78, 5) is 196. The maximum absolute atomic E-state index is 15.4. The lowest BCUT2D eigenvalue weighted by Crippen LogP contribution is -2.67. The van der Waals surface area contributed by atoms with Gasteiger partial charge in [0.2, 0.25) is 65.0 Å². The zero-order valence-electron chi connectivity index (χ0n) is 74.2. The Bertz CT molecular complexity index is 3500. The highest BCUT2D eigenvalue weighted by molar-refractivity contribution is 6.99. The van der Waals surface area contributed by atoms with E-state index in [0.29, 0.717) is 6.42 Å². The van der Waals surface area contributed by atoms with Crippen molar-refractivity contribution in [2.75, 3.05) is 76.1 Å². The first kappa shape index (κ1) is 102. The predicted octanol–water partition coefficient (Wildman–Crippen LogP) is 6.16. The molecule has 11 amide bonds. The van der Waals surface area contributed by atoms with Crippen LogP contribution in [0, 0.1) is 41.4 Å². The summed E-state index contributed by atoms with van der Waals surface area (Å²) in [6.45, 7) is 38.7. The van der Waals surface area contributed by atoms with E-state index in [4.69, 9.17) is 13.9 Å². The van der Waals surface area contributed by atoms with Crippen molar-refractivity contribution in [1.82, 2.24) is 60.9 Å². The molecule has 0 fully saturated rings. The van der Waals surface area contributed by atoms with E-state index in [2.05, 4.69) is 71.6 Å². The van der Waals surface area contributed by atoms with Crippen LogP contribution in [0.2, 0.25) is 5.04 Å². The quantitative estimate of drug-likeness (QED) is 0.0281. The molecule has 2 aromatic carbocycles. The molecule has 642 valence electrons. The van der Waals surface area contributed by atoms with Gasteiger partial charge >= 0.3 is 11.9 Å². The van der Waals surface area contributed by atoms with Crippen molar-refractivity contribution in [2.45, 2.75) is 262 Å². The Labute approximate surface area is 681 Å². The highest BCUT2D eigenvalue weighted by atomic mass is 28.4. The smallest absolute Gasteiger partial charge is 0.328 e. The van der Waals surface area contributed by atoms with E-state index in [-0.39, 0.29) is 75.0 Å². The van der Waals surface area contributed by atoms with E-state index in [9.17, 15) is 38.4 Å². The molecule has 0 aliphatic rings. The van der Waals surface area contributed by atoms with Crippen molar-refractivity contribution in [1.29, 1.82) is 0 Å². The normalized spacial score (nSPS) is 15.6. The summed E-state index contributed by atoms with van der Waals surface area (Å²) < 4.78 is 18.7. The van der Waals surface area contributed by atoms with Crippen LogP contribution in [0.15, 0.2) is 72.8 Å². The predicted molar refractivity (Wildman–Crippen MR) is 446 cm³/mol. The monoisotopic (exact) mass is 1620 g/mol. The Kier molecular flexibility index (Phi) is 41.7. The second kappa shape index (κ2) is 46.8. The third kappa shape index (κ3) is 28.1. The number of amides is 11. The number of nitrogens with zero attached hydrogens (tertiary/aromatic N) is 7. The third-order valence-electron chi connectivity index (χ3n) is 21.3. The van der Waals surface area contributed by atoms with Gasteiger partial charge in [-0.2, -0.15) is 0 Å². The maximum atomic E-state index is 15.4. The van der Waals surface area contributed by atoms with Gasteiger partial charge in [-0.15, -0.1) is 0 Å². The molecule has 0 radical (unpaired) electrons. The third-order valence-corrected chi connectivity index (χ3v) is 26.3. The van der Waals surface area contributed by atoms with Crippen molar-refractivity contribution in [3.8, 4) is 0 Å². The van der Waals surface area contributed by atoms with Crippen LogP contribution in [-0.2, 0) is 76.2 Å². The summed E-state index contributed by atoms with van der Waals surface area (Å²) >= 11 is 0.